The minimum absolute atomic E-state index is 0.0378. The van der Waals surface area contributed by atoms with Gasteiger partial charge in [-0.15, -0.1) is 0 Å². The zero-order valence-corrected chi connectivity index (χ0v) is 14.5. The first kappa shape index (κ1) is 19.9. The Morgan fingerprint density at radius 2 is 2.04 bits per heavy atom. The molecule has 0 bridgehead atoms. The van der Waals surface area contributed by atoms with Crippen LogP contribution in [0.2, 0.25) is 0 Å². The van der Waals surface area contributed by atoms with Crippen LogP contribution in [-0.2, 0) is 11.0 Å². The van der Waals surface area contributed by atoms with Crippen molar-refractivity contribution >= 4 is 17.7 Å². The van der Waals surface area contributed by atoms with E-state index in [4.69, 9.17) is 9.84 Å². The lowest BCUT2D eigenvalue weighted by Gasteiger charge is -2.34. The number of carbonyl (C=O) groups excluding carboxylic acids is 1. The van der Waals surface area contributed by atoms with Gasteiger partial charge in [0.1, 0.15) is 5.75 Å². The summed E-state index contributed by atoms with van der Waals surface area (Å²) < 4.78 is 45.0. The summed E-state index contributed by atoms with van der Waals surface area (Å²) in [5, 5.41) is 11.4. The molecule has 2 atom stereocenters. The van der Waals surface area contributed by atoms with Gasteiger partial charge in [-0.1, -0.05) is 6.92 Å². The van der Waals surface area contributed by atoms with Gasteiger partial charge in [0.2, 0.25) is 0 Å². The van der Waals surface area contributed by atoms with E-state index in [0.717, 1.165) is 12.1 Å². The monoisotopic (exact) mass is 374 g/mol. The highest BCUT2D eigenvalue weighted by Crippen LogP contribution is 2.37. The standard InChI is InChI=1S/C17H21F3N2O4/c1-3-26-12-4-5-14(13(7-12)17(18,19)20)21-16(25)22-8-10(2)6-11(9-22)15(23)24/h4-5,7,10-11H,3,6,8-9H2,1-2H3,(H,21,25)(H,23,24). The first-order chi connectivity index (χ1) is 12.1. The van der Waals surface area contributed by atoms with Crippen molar-refractivity contribution in [2.24, 2.45) is 11.8 Å². The number of amides is 2. The highest BCUT2D eigenvalue weighted by Gasteiger charge is 2.36. The van der Waals surface area contributed by atoms with E-state index in [-0.39, 0.29) is 31.4 Å². The molecule has 1 aliphatic heterocycles. The van der Waals surface area contributed by atoms with Crippen LogP contribution in [0.1, 0.15) is 25.8 Å². The Bertz CT molecular complexity index is 678. The molecule has 26 heavy (non-hydrogen) atoms. The van der Waals surface area contributed by atoms with Gasteiger partial charge in [0.05, 0.1) is 23.8 Å². The minimum atomic E-state index is -4.67. The molecule has 2 unspecified atom stereocenters. The maximum Gasteiger partial charge on any atom is 0.418 e. The number of ether oxygens (including phenoxy) is 1. The summed E-state index contributed by atoms with van der Waals surface area (Å²) in [5.41, 5.74) is -1.41. The summed E-state index contributed by atoms with van der Waals surface area (Å²) >= 11 is 0. The number of nitrogens with zero attached hydrogens (tertiary/aromatic N) is 1. The van der Waals surface area contributed by atoms with Gasteiger partial charge >= 0.3 is 18.2 Å². The third-order valence-electron chi connectivity index (χ3n) is 4.15. The zero-order chi connectivity index (χ0) is 19.5. The Labute approximate surface area is 148 Å². The lowest BCUT2D eigenvalue weighted by atomic mass is 9.91. The van der Waals surface area contributed by atoms with Crippen LogP contribution in [0.4, 0.5) is 23.7 Å². The Balaban J connectivity index is 2.21. The average Bonchev–Trinajstić information content (AvgIpc) is 2.54. The molecule has 144 valence electrons. The van der Waals surface area contributed by atoms with Crippen LogP contribution in [-0.4, -0.2) is 41.7 Å². The van der Waals surface area contributed by atoms with E-state index >= 15 is 0 Å². The summed E-state index contributed by atoms with van der Waals surface area (Å²) in [4.78, 5) is 24.8. The van der Waals surface area contributed by atoms with Crippen LogP contribution < -0.4 is 10.1 Å². The molecule has 0 aromatic heterocycles. The minimum Gasteiger partial charge on any atom is -0.494 e. The van der Waals surface area contributed by atoms with Gasteiger partial charge in [0, 0.05) is 13.1 Å². The quantitative estimate of drug-likeness (QED) is 0.843. The van der Waals surface area contributed by atoms with Crippen molar-refractivity contribution in [1.82, 2.24) is 4.90 Å². The molecule has 6 nitrogen and oxygen atoms in total. The second-order valence-electron chi connectivity index (χ2n) is 6.35. The molecule has 0 aliphatic carbocycles. The first-order valence-corrected chi connectivity index (χ1v) is 8.24. The van der Waals surface area contributed by atoms with Crippen LogP contribution in [0.15, 0.2) is 18.2 Å². The van der Waals surface area contributed by atoms with E-state index in [0.29, 0.717) is 6.42 Å². The number of urea groups is 1. The van der Waals surface area contributed by atoms with Gasteiger partial charge in [0.15, 0.2) is 0 Å². The smallest absolute Gasteiger partial charge is 0.418 e. The van der Waals surface area contributed by atoms with Gasteiger partial charge < -0.3 is 20.1 Å². The molecule has 2 rings (SSSR count). The molecular weight excluding hydrogens is 353 g/mol. The highest BCUT2D eigenvalue weighted by atomic mass is 19.4. The Hall–Kier alpha value is -2.45. The number of carbonyl (C=O) groups is 2. The van der Waals surface area contributed by atoms with E-state index in [9.17, 15) is 22.8 Å². The van der Waals surface area contributed by atoms with Gasteiger partial charge in [-0.2, -0.15) is 13.2 Å². The summed E-state index contributed by atoms with van der Waals surface area (Å²) in [6, 6.07) is 2.55. The van der Waals surface area contributed by atoms with Crippen LogP contribution >= 0.6 is 0 Å². The van der Waals surface area contributed by atoms with Gasteiger partial charge in [-0.25, -0.2) is 4.79 Å². The molecular formula is C17H21F3N2O4. The summed E-state index contributed by atoms with van der Waals surface area (Å²) in [6.07, 6.45) is -4.25. The molecule has 0 radical (unpaired) electrons. The number of likely N-dealkylation sites (tertiary alicyclic amines) is 1. The van der Waals surface area contributed by atoms with Crippen LogP contribution in [0.25, 0.3) is 0 Å². The van der Waals surface area contributed by atoms with E-state index in [1.165, 1.54) is 11.0 Å². The fraction of sp³-hybridized carbons (Fsp3) is 0.529. The van der Waals surface area contributed by atoms with Crippen molar-refractivity contribution in [2.45, 2.75) is 26.4 Å². The van der Waals surface area contributed by atoms with Crippen molar-refractivity contribution in [3.8, 4) is 5.75 Å². The lowest BCUT2D eigenvalue weighted by molar-refractivity contribution is -0.143. The Morgan fingerprint density at radius 1 is 1.35 bits per heavy atom. The van der Waals surface area contributed by atoms with Crippen LogP contribution in [0, 0.1) is 11.8 Å². The number of anilines is 1. The van der Waals surface area contributed by atoms with Gasteiger partial charge in [-0.3, -0.25) is 4.79 Å². The molecule has 1 heterocycles. The molecule has 1 aromatic rings. The van der Waals surface area contributed by atoms with Gasteiger partial charge in [0.25, 0.3) is 0 Å². The molecule has 0 spiro atoms. The number of alkyl halides is 3. The summed E-state index contributed by atoms with van der Waals surface area (Å²) in [5.74, 6) is -1.76. The van der Waals surface area contributed by atoms with E-state index in [1.54, 1.807) is 13.8 Å². The predicted octanol–water partition coefficient (Wildman–Crippen LogP) is 3.68. The number of benzene rings is 1. The van der Waals surface area contributed by atoms with Crippen LogP contribution in [0.5, 0.6) is 5.75 Å². The van der Waals surface area contributed by atoms with Crippen molar-refractivity contribution < 1.29 is 32.6 Å². The maximum absolute atomic E-state index is 13.3. The van der Waals surface area contributed by atoms with Crippen molar-refractivity contribution in [2.75, 3.05) is 25.0 Å². The average molecular weight is 374 g/mol. The topological polar surface area (TPSA) is 78.9 Å². The van der Waals surface area contributed by atoms with E-state index in [1.807, 2.05) is 0 Å². The van der Waals surface area contributed by atoms with Crippen LogP contribution in [0.3, 0.4) is 0 Å². The summed E-state index contributed by atoms with van der Waals surface area (Å²) in [7, 11) is 0. The number of nitrogens with one attached hydrogen (secondary N) is 1. The molecule has 1 fully saturated rings. The molecule has 2 N–H and O–H groups in total. The largest absolute Gasteiger partial charge is 0.494 e. The number of hydrogen-bond donors (Lipinski definition) is 2. The molecule has 2 amide bonds. The van der Waals surface area contributed by atoms with Gasteiger partial charge in [-0.05, 0) is 37.5 Å². The second kappa shape index (κ2) is 7.84. The zero-order valence-electron chi connectivity index (χ0n) is 14.5. The fourth-order valence-electron chi connectivity index (χ4n) is 3.01. The Morgan fingerprint density at radius 3 is 2.62 bits per heavy atom. The maximum atomic E-state index is 13.3. The molecule has 0 saturated carbocycles. The fourth-order valence-corrected chi connectivity index (χ4v) is 3.01. The molecule has 1 aromatic carbocycles. The van der Waals surface area contributed by atoms with Crippen molar-refractivity contribution in [3.05, 3.63) is 23.8 Å². The number of hydrogen-bond acceptors (Lipinski definition) is 3. The van der Waals surface area contributed by atoms with E-state index in [2.05, 4.69) is 5.32 Å². The molecule has 1 saturated heterocycles. The number of carboxylic acid groups (broad SMARTS) is 1. The first-order valence-electron chi connectivity index (χ1n) is 8.24. The molecule has 9 heteroatoms. The number of aliphatic carboxylic acids is 1. The normalized spacial score (nSPS) is 20.6. The SMILES string of the molecule is CCOc1ccc(NC(=O)N2CC(C)CC(C(=O)O)C2)c(C(F)(F)F)c1. The lowest BCUT2D eigenvalue weighted by Crippen LogP contribution is -2.47. The molecule has 1 aliphatic rings. The third-order valence-corrected chi connectivity index (χ3v) is 4.15. The summed E-state index contributed by atoms with van der Waals surface area (Å²) in [6.45, 7) is 3.91. The van der Waals surface area contributed by atoms with Crippen molar-refractivity contribution in [1.29, 1.82) is 0 Å². The third kappa shape index (κ3) is 4.80. The number of rotatable bonds is 4. The number of piperidine rings is 1. The Kier molecular flexibility index (Phi) is 5.99. The predicted molar refractivity (Wildman–Crippen MR) is 88.1 cm³/mol. The second-order valence-corrected chi connectivity index (χ2v) is 6.35. The van der Waals surface area contributed by atoms with E-state index < -0.39 is 35.3 Å². The van der Waals surface area contributed by atoms with Crippen molar-refractivity contribution in [3.63, 3.8) is 0 Å². The highest BCUT2D eigenvalue weighted by molar-refractivity contribution is 5.91. The number of carboxylic acids is 1. The number of halogens is 3.